The maximum Gasteiger partial charge on any atom is 3.00 e. The first-order chi connectivity index (χ1) is 3.18. The molecule has 0 fully saturated rings. The number of Topliss-reactive ketones (excluding diaryl/α,β-unsaturated/α-hetero) is 2. The van der Waals surface area contributed by atoms with Crippen molar-refractivity contribution >= 4 is 11.6 Å². The molecule has 0 spiro atoms. The first-order valence-corrected chi connectivity index (χ1v) is 2.22. The van der Waals surface area contributed by atoms with Gasteiger partial charge in [-0.2, -0.15) is 0 Å². The van der Waals surface area contributed by atoms with Gasteiger partial charge in [-0.1, -0.05) is 6.92 Å². The summed E-state index contributed by atoms with van der Waals surface area (Å²) in [7, 11) is 0. The second-order valence-corrected chi connectivity index (χ2v) is 1.33. The van der Waals surface area contributed by atoms with Gasteiger partial charge in [-0.3, -0.25) is 9.59 Å². The van der Waals surface area contributed by atoms with E-state index in [1.54, 1.807) is 6.92 Å². The standard InChI is InChI=1S/C5H8O2.Yb/c1-3-5(7)4(2)6;/h3H2,1-2H3;/q;+3. The summed E-state index contributed by atoms with van der Waals surface area (Å²) >= 11 is 0. The van der Waals surface area contributed by atoms with Crippen molar-refractivity contribution in [2.75, 3.05) is 0 Å². The Balaban J connectivity index is 0. The van der Waals surface area contributed by atoms with Gasteiger partial charge in [0.25, 0.3) is 0 Å². The summed E-state index contributed by atoms with van der Waals surface area (Å²) in [6, 6.07) is 0. The Morgan fingerprint density at radius 1 is 1.38 bits per heavy atom. The minimum Gasteiger partial charge on any atom is -0.291 e. The Hall–Kier alpha value is 0.859. The molecule has 0 unspecified atom stereocenters. The maximum atomic E-state index is 10.2. The molecule has 0 aliphatic heterocycles. The number of hydrogen-bond acceptors (Lipinski definition) is 2. The van der Waals surface area contributed by atoms with Gasteiger partial charge >= 0.3 is 46.9 Å². The summed E-state index contributed by atoms with van der Waals surface area (Å²) in [5.41, 5.74) is 0. The van der Waals surface area contributed by atoms with Crippen LogP contribution in [0.15, 0.2) is 0 Å². The fraction of sp³-hybridized carbons (Fsp3) is 0.600. The van der Waals surface area contributed by atoms with E-state index in [1.807, 2.05) is 0 Å². The molecule has 2 nitrogen and oxygen atoms in total. The molecule has 0 bridgehead atoms. The zero-order valence-corrected chi connectivity index (χ0v) is 6.51. The van der Waals surface area contributed by atoms with Crippen molar-refractivity contribution in [2.24, 2.45) is 0 Å². The minimum absolute atomic E-state index is 0. The van der Waals surface area contributed by atoms with Crippen molar-refractivity contribution in [3.8, 4) is 0 Å². The number of carbonyl (C=O) groups excluding carboxylic acids is 2. The van der Waals surface area contributed by atoms with E-state index in [0.717, 1.165) is 0 Å². The molecular formula is C5H8O2Yb+3. The molecule has 0 N–H and O–H groups in total. The van der Waals surface area contributed by atoms with Crippen LogP contribution in [0.4, 0.5) is 0 Å². The first-order valence-electron chi connectivity index (χ1n) is 2.22. The molecule has 0 saturated carbocycles. The van der Waals surface area contributed by atoms with Crippen LogP contribution < -0.4 is 0 Å². The van der Waals surface area contributed by atoms with Crippen molar-refractivity contribution in [3.63, 3.8) is 0 Å². The average Bonchev–Trinajstić information content (AvgIpc) is 1.65. The SMILES string of the molecule is CCC(=O)C(C)=O.[Yb+3]. The molecule has 1 radical (unpaired) electrons. The molecule has 0 aromatic carbocycles. The Bertz CT molecular complexity index is 98.6. The van der Waals surface area contributed by atoms with Gasteiger partial charge in [0, 0.05) is 13.3 Å². The number of carbonyl (C=O) groups is 2. The third kappa shape index (κ3) is 5.01. The van der Waals surface area contributed by atoms with Crippen molar-refractivity contribution in [1.29, 1.82) is 0 Å². The third-order valence-corrected chi connectivity index (χ3v) is 0.714. The smallest absolute Gasteiger partial charge is 0.291 e. The molecule has 0 aliphatic rings. The van der Waals surface area contributed by atoms with Gasteiger partial charge in [-0.25, -0.2) is 0 Å². The largest absolute Gasteiger partial charge is 3.00 e. The Morgan fingerprint density at radius 2 is 1.75 bits per heavy atom. The number of ketones is 2. The van der Waals surface area contributed by atoms with Crippen LogP contribution in [0.25, 0.3) is 0 Å². The minimum atomic E-state index is -0.345. The van der Waals surface area contributed by atoms with E-state index < -0.39 is 0 Å². The average molecular weight is 273 g/mol. The monoisotopic (exact) mass is 274 g/mol. The second kappa shape index (κ2) is 5.99. The van der Waals surface area contributed by atoms with E-state index >= 15 is 0 Å². The summed E-state index contributed by atoms with van der Waals surface area (Å²) in [4.78, 5) is 20.2. The summed E-state index contributed by atoms with van der Waals surface area (Å²) in [6.45, 7) is 2.95. The molecule has 0 amide bonds. The Kier molecular flexibility index (Phi) is 8.70. The molecule has 0 saturated heterocycles. The molecule has 0 heterocycles. The fourth-order valence-corrected chi connectivity index (χ4v) is 0.249. The molecule has 0 rings (SSSR count). The van der Waals surface area contributed by atoms with Gasteiger partial charge in [0.15, 0.2) is 11.6 Å². The van der Waals surface area contributed by atoms with Gasteiger partial charge in [0.1, 0.15) is 0 Å². The van der Waals surface area contributed by atoms with Gasteiger partial charge in [-0.15, -0.1) is 0 Å². The van der Waals surface area contributed by atoms with Crippen LogP contribution in [0.2, 0.25) is 0 Å². The van der Waals surface area contributed by atoms with Gasteiger partial charge < -0.3 is 0 Å². The van der Waals surface area contributed by atoms with E-state index in [0.29, 0.717) is 6.42 Å². The molecule has 0 aromatic heterocycles. The van der Waals surface area contributed by atoms with E-state index in [2.05, 4.69) is 0 Å². The normalized spacial score (nSPS) is 7.25. The Labute approximate surface area is 87.3 Å². The zero-order chi connectivity index (χ0) is 5.86. The molecular weight excluding hydrogens is 265 g/mol. The van der Waals surface area contributed by atoms with Crippen LogP contribution in [-0.2, 0) is 9.59 Å². The van der Waals surface area contributed by atoms with Crippen LogP contribution in [-0.4, -0.2) is 11.6 Å². The van der Waals surface area contributed by atoms with Gasteiger partial charge in [-0.05, 0) is 0 Å². The second-order valence-electron chi connectivity index (χ2n) is 1.33. The van der Waals surface area contributed by atoms with Crippen LogP contribution in [0.1, 0.15) is 20.3 Å². The van der Waals surface area contributed by atoms with Crippen LogP contribution in [0.5, 0.6) is 0 Å². The third-order valence-electron chi connectivity index (χ3n) is 0.714. The van der Waals surface area contributed by atoms with E-state index in [4.69, 9.17) is 0 Å². The predicted molar refractivity (Wildman–Crippen MR) is 26.0 cm³/mol. The quantitative estimate of drug-likeness (QED) is 0.689. The maximum absolute atomic E-state index is 10.2. The van der Waals surface area contributed by atoms with Gasteiger partial charge in [0.05, 0.1) is 0 Å². The summed E-state index contributed by atoms with van der Waals surface area (Å²) < 4.78 is 0. The topological polar surface area (TPSA) is 34.1 Å². The predicted octanol–water partition coefficient (Wildman–Crippen LogP) is 0.554. The molecule has 0 atom stereocenters. The van der Waals surface area contributed by atoms with Crippen LogP contribution >= 0.6 is 0 Å². The summed E-state index contributed by atoms with van der Waals surface area (Å²) in [5.74, 6) is -0.637. The van der Waals surface area contributed by atoms with Gasteiger partial charge in [0.2, 0.25) is 0 Å². The van der Waals surface area contributed by atoms with Crippen LogP contribution in [0, 0.1) is 46.9 Å². The molecule has 0 aromatic rings. The van der Waals surface area contributed by atoms with Crippen LogP contribution in [0.3, 0.4) is 0 Å². The van der Waals surface area contributed by atoms with Crippen molar-refractivity contribution in [3.05, 3.63) is 0 Å². The van der Waals surface area contributed by atoms with Crippen molar-refractivity contribution < 1.29 is 56.5 Å². The number of hydrogen-bond donors (Lipinski definition) is 0. The van der Waals surface area contributed by atoms with Crippen molar-refractivity contribution in [1.82, 2.24) is 0 Å². The number of rotatable bonds is 2. The van der Waals surface area contributed by atoms with E-state index in [-0.39, 0.29) is 58.5 Å². The zero-order valence-electron chi connectivity index (χ0n) is 4.79. The molecule has 3 heteroatoms. The van der Waals surface area contributed by atoms with E-state index in [9.17, 15) is 9.59 Å². The van der Waals surface area contributed by atoms with Crippen molar-refractivity contribution in [2.45, 2.75) is 20.3 Å². The summed E-state index contributed by atoms with van der Waals surface area (Å²) in [6.07, 6.45) is 0.329. The molecule has 8 heavy (non-hydrogen) atoms. The molecule has 51 valence electrons. The molecule has 0 aliphatic carbocycles. The first kappa shape index (κ1) is 11.6. The Morgan fingerprint density at radius 3 is 1.75 bits per heavy atom. The summed E-state index contributed by atoms with van der Waals surface area (Å²) in [5, 5.41) is 0. The fourth-order valence-electron chi connectivity index (χ4n) is 0.249. The van der Waals surface area contributed by atoms with E-state index in [1.165, 1.54) is 6.92 Å².